The molecule has 0 aromatic heterocycles. The van der Waals surface area contributed by atoms with Gasteiger partial charge in [-0.2, -0.15) is 13.2 Å². The second-order valence-corrected chi connectivity index (χ2v) is 17.4. The van der Waals surface area contributed by atoms with Gasteiger partial charge in [-0.15, -0.1) is 0 Å². The maximum absolute atomic E-state index is 14.3. The number of nitrogens with zero attached hydrogens (tertiary/aromatic N) is 2. The van der Waals surface area contributed by atoms with Crippen LogP contribution in [0.25, 0.3) is 0 Å². The lowest BCUT2D eigenvalue weighted by molar-refractivity contribution is -0.139. The van der Waals surface area contributed by atoms with Crippen LogP contribution >= 0.6 is 11.6 Å². The van der Waals surface area contributed by atoms with Gasteiger partial charge in [-0.25, -0.2) is 17.6 Å². The van der Waals surface area contributed by atoms with Crippen molar-refractivity contribution >= 4 is 51.1 Å². The zero-order chi connectivity index (χ0) is 39.5. The van der Waals surface area contributed by atoms with Gasteiger partial charge >= 0.3 is 12.3 Å². The number of carbonyl (C=O) groups is 4. The highest BCUT2D eigenvalue weighted by Crippen LogP contribution is 2.48. The van der Waals surface area contributed by atoms with Gasteiger partial charge in [-0.1, -0.05) is 43.7 Å². The fraction of sp³-hybridized carbons (Fsp3) is 0.500. The number of hydrogen-bond acceptors (Lipinski definition) is 8. The van der Waals surface area contributed by atoms with Crippen LogP contribution in [0, 0.1) is 11.7 Å². The van der Waals surface area contributed by atoms with E-state index in [4.69, 9.17) is 16.3 Å². The van der Waals surface area contributed by atoms with Crippen LogP contribution in [-0.2, 0) is 48.4 Å². The van der Waals surface area contributed by atoms with E-state index in [2.05, 4.69) is 21.9 Å². The Balaban J connectivity index is 1.25. The number of carbonyl (C=O) groups excluding carboxylic acids is 4. The normalized spacial score (nSPS) is 24.6. The maximum atomic E-state index is 14.3. The van der Waals surface area contributed by atoms with Gasteiger partial charge in [0.1, 0.15) is 29.5 Å². The molecule has 0 unspecified atom stereocenters. The van der Waals surface area contributed by atoms with E-state index in [1.54, 1.807) is 19.1 Å². The standard InChI is InChI=1S/C36H40ClF4N5O7S/c1-5-21-15-35(21,32(49)44-54(51,52)34(4)9-10-34)43-30(47)28-14-25(53-33(50)45-16-20-7-6-8-27(37)26(20)18-45)17-46(28)31(48)29(19(2)3)42-24-12-22(36(39,40)41)11-23(38)13-24/h6-8,11-13,21,25,28-29,42H,2,5,9-10,14-18H2,1,3-4H3,(H,43,47)(H,44,49)/t21-,25-,28+,29+,35-/m1/s1. The molecule has 54 heavy (non-hydrogen) atoms. The van der Waals surface area contributed by atoms with E-state index in [9.17, 15) is 45.2 Å². The van der Waals surface area contributed by atoms with Crippen LogP contribution in [0.15, 0.2) is 48.6 Å². The molecular weight excluding hydrogens is 758 g/mol. The number of amides is 4. The molecule has 4 amide bonds. The molecule has 18 heteroatoms. The summed E-state index contributed by atoms with van der Waals surface area (Å²) in [5, 5.41) is 5.77. The summed E-state index contributed by atoms with van der Waals surface area (Å²) in [6, 6.07) is 4.10. The lowest BCUT2D eigenvalue weighted by atomic mass is 10.1. The Kier molecular flexibility index (Phi) is 10.2. The van der Waals surface area contributed by atoms with E-state index < -0.39 is 85.8 Å². The van der Waals surface area contributed by atoms with E-state index in [1.807, 2.05) is 6.07 Å². The van der Waals surface area contributed by atoms with E-state index in [0.29, 0.717) is 36.4 Å². The fourth-order valence-electron chi connectivity index (χ4n) is 7.06. The third-order valence-electron chi connectivity index (χ3n) is 10.8. The van der Waals surface area contributed by atoms with Crippen LogP contribution < -0.4 is 15.4 Å². The smallest absolute Gasteiger partial charge is 0.416 e. The molecule has 6 rings (SSSR count). The Hall–Kier alpha value is -4.38. The van der Waals surface area contributed by atoms with Crippen LogP contribution in [0.3, 0.4) is 0 Å². The Morgan fingerprint density at radius 2 is 1.83 bits per heavy atom. The van der Waals surface area contributed by atoms with Gasteiger partial charge in [-0.3, -0.25) is 24.0 Å². The van der Waals surface area contributed by atoms with Crippen molar-refractivity contribution in [3.63, 3.8) is 0 Å². The molecule has 0 radical (unpaired) electrons. The largest absolute Gasteiger partial charge is 0.444 e. The number of fused-ring (bicyclic) bond motifs is 1. The SMILES string of the molecule is C=C(C)[C@H](Nc1cc(F)cc(C(F)(F)F)c1)C(=O)N1C[C@H](OC(=O)N2Cc3cccc(Cl)c3C2)C[C@H]1C(=O)N[C@]1(C(=O)NS(=O)(=O)C2(C)CC2)C[C@H]1CC. The number of benzene rings is 2. The second-order valence-electron chi connectivity index (χ2n) is 14.8. The van der Waals surface area contributed by atoms with Crippen molar-refractivity contribution in [2.45, 2.75) is 101 Å². The summed E-state index contributed by atoms with van der Waals surface area (Å²) >= 11 is 6.31. The van der Waals surface area contributed by atoms with Crippen molar-refractivity contribution in [3.05, 3.63) is 76.1 Å². The zero-order valence-electron chi connectivity index (χ0n) is 29.7. The molecule has 2 aromatic carbocycles. The first-order valence-corrected chi connectivity index (χ1v) is 19.2. The number of nitrogens with one attached hydrogen (secondary N) is 3. The molecular formula is C36H40ClF4N5O7S. The van der Waals surface area contributed by atoms with Gasteiger partial charge in [0, 0.05) is 23.7 Å². The van der Waals surface area contributed by atoms with Crippen molar-refractivity contribution in [3.8, 4) is 0 Å². The molecule has 2 heterocycles. The first-order chi connectivity index (χ1) is 25.2. The molecule has 0 bridgehead atoms. The zero-order valence-corrected chi connectivity index (χ0v) is 31.3. The molecule has 2 aliphatic heterocycles. The van der Waals surface area contributed by atoms with Gasteiger partial charge in [0.15, 0.2) is 0 Å². The summed E-state index contributed by atoms with van der Waals surface area (Å²) in [4.78, 5) is 57.8. The average Bonchev–Trinajstić information content (AvgIpc) is 3.89. The number of sulfonamides is 1. The van der Waals surface area contributed by atoms with Crippen molar-refractivity contribution in [2.24, 2.45) is 5.92 Å². The van der Waals surface area contributed by atoms with Gasteiger partial charge in [0.05, 0.1) is 23.4 Å². The summed E-state index contributed by atoms with van der Waals surface area (Å²) < 4.78 is 87.5. The summed E-state index contributed by atoms with van der Waals surface area (Å²) in [6.07, 6.45) is -5.67. The molecule has 3 N–H and O–H groups in total. The van der Waals surface area contributed by atoms with Gasteiger partial charge in [-0.05, 0) is 80.0 Å². The Labute approximate surface area is 314 Å². The number of likely N-dealkylation sites (tertiary alicyclic amines) is 1. The minimum Gasteiger partial charge on any atom is -0.444 e. The highest BCUT2D eigenvalue weighted by atomic mass is 35.5. The summed E-state index contributed by atoms with van der Waals surface area (Å²) in [7, 11) is -4.06. The quantitative estimate of drug-likeness (QED) is 0.206. The molecule has 1 saturated heterocycles. The summed E-state index contributed by atoms with van der Waals surface area (Å²) in [6.45, 7) is 8.49. The van der Waals surface area contributed by atoms with Gasteiger partial charge in [0.2, 0.25) is 21.8 Å². The first-order valence-electron chi connectivity index (χ1n) is 17.4. The molecule has 2 aliphatic carbocycles. The monoisotopic (exact) mass is 797 g/mol. The third kappa shape index (κ3) is 7.61. The highest BCUT2D eigenvalue weighted by molar-refractivity contribution is 7.91. The molecule has 3 fully saturated rings. The van der Waals surface area contributed by atoms with Crippen LogP contribution in [0.4, 0.5) is 28.0 Å². The maximum Gasteiger partial charge on any atom is 0.416 e. The van der Waals surface area contributed by atoms with Crippen molar-refractivity contribution in [1.82, 2.24) is 19.8 Å². The molecule has 5 atom stereocenters. The van der Waals surface area contributed by atoms with Crippen LogP contribution in [-0.4, -0.2) is 77.1 Å². The number of rotatable bonds is 11. The van der Waals surface area contributed by atoms with Gasteiger partial charge < -0.3 is 20.3 Å². The van der Waals surface area contributed by atoms with Gasteiger partial charge in [0.25, 0.3) is 5.91 Å². The molecule has 2 aromatic rings. The number of anilines is 1. The molecule has 2 saturated carbocycles. The minimum absolute atomic E-state index is 0.104. The average molecular weight is 798 g/mol. The van der Waals surface area contributed by atoms with Crippen molar-refractivity contribution in [2.75, 3.05) is 11.9 Å². The molecule has 4 aliphatic rings. The Morgan fingerprint density at radius 3 is 2.43 bits per heavy atom. The number of alkyl halides is 3. The highest BCUT2D eigenvalue weighted by Gasteiger charge is 2.63. The molecule has 292 valence electrons. The third-order valence-corrected chi connectivity index (χ3v) is 13.3. The predicted molar refractivity (Wildman–Crippen MR) is 189 cm³/mol. The van der Waals surface area contributed by atoms with E-state index >= 15 is 0 Å². The predicted octanol–water partition coefficient (Wildman–Crippen LogP) is 5.26. The van der Waals surface area contributed by atoms with E-state index in [1.165, 1.54) is 18.7 Å². The fourth-order valence-corrected chi connectivity index (χ4v) is 8.63. The van der Waals surface area contributed by atoms with E-state index in [-0.39, 0.29) is 43.7 Å². The Morgan fingerprint density at radius 1 is 1.13 bits per heavy atom. The number of hydrogen-bond donors (Lipinski definition) is 3. The number of ether oxygens (including phenoxy) is 1. The van der Waals surface area contributed by atoms with Crippen LogP contribution in [0.1, 0.15) is 69.6 Å². The van der Waals surface area contributed by atoms with Crippen LogP contribution in [0.5, 0.6) is 0 Å². The van der Waals surface area contributed by atoms with E-state index in [0.717, 1.165) is 22.1 Å². The van der Waals surface area contributed by atoms with Crippen molar-refractivity contribution in [1.29, 1.82) is 0 Å². The molecule has 0 spiro atoms. The second kappa shape index (κ2) is 14.0. The minimum atomic E-state index is -4.89. The van der Waals surface area contributed by atoms with Crippen LogP contribution in [0.2, 0.25) is 5.02 Å². The summed E-state index contributed by atoms with van der Waals surface area (Å²) in [5.41, 5.74) is -1.62. The lowest BCUT2D eigenvalue weighted by Crippen LogP contribution is -2.58. The Bertz CT molecular complexity index is 2030. The summed E-state index contributed by atoms with van der Waals surface area (Å²) in [5.74, 6) is -4.24. The number of halogens is 5. The first kappa shape index (κ1) is 39.3. The topological polar surface area (TPSA) is 154 Å². The lowest BCUT2D eigenvalue weighted by Gasteiger charge is -2.30. The van der Waals surface area contributed by atoms with Crippen molar-refractivity contribution < 1.29 is 49.9 Å². The molecule has 12 nitrogen and oxygen atoms in total.